The molecule has 2 rings (SSSR count). The van der Waals surface area contributed by atoms with E-state index < -0.39 is 0 Å². The van der Waals surface area contributed by atoms with E-state index in [-0.39, 0.29) is 6.04 Å². The molecule has 1 atom stereocenters. The Balaban J connectivity index is 2.38. The van der Waals surface area contributed by atoms with Gasteiger partial charge in [-0.3, -0.25) is 0 Å². The predicted molar refractivity (Wildman–Crippen MR) is 63.9 cm³/mol. The minimum absolute atomic E-state index is 0.287. The Morgan fingerprint density at radius 2 is 2.24 bits per heavy atom. The molecule has 0 saturated heterocycles. The Bertz CT molecular complexity index is 525. The van der Waals surface area contributed by atoms with Gasteiger partial charge in [0, 0.05) is 5.56 Å². The highest BCUT2D eigenvalue weighted by molar-refractivity contribution is 6.32. The van der Waals surface area contributed by atoms with Crippen LogP contribution < -0.4 is 10.5 Å². The summed E-state index contributed by atoms with van der Waals surface area (Å²) in [4.78, 5) is 4.18. The summed E-state index contributed by atoms with van der Waals surface area (Å²) in [6, 6.07) is 4.97. The van der Waals surface area contributed by atoms with Gasteiger partial charge < -0.3 is 15.0 Å². The molecule has 0 aliphatic carbocycles. The minimum atomic E-state index is -0.287. The van der Waals surface area contributed by atoms with Crippen molar-refractivity contribution in [3.63, 3.8) is 0 Å². The Morgan fingerprint density at radius 1 is 1.47 bits per heavy atom. The SMILES string of the molecule is COc1cc(-c2noc([C@H](C)N)n2)ccc1Cl. The second kappa shape index (κ2) is 4.73. The van der Waals surface area contributed by atoms with Crippen LogP contribution in [-0.4, -0.2) is 17.3 Å². The molecule has 1 aromatic heterocycles. The van der Waals surface area contributed by atoms with Crippen molar-refractivity contribution < 1.29 is 9.26 Å². The summed E-state index contributed by atoms with van der Waals surface area (Å²) in [5.74, 6) is 1.43. The molecule has 0 saturated carbocycles. The maximum Gasteiger partial charge on any atom is 0.243 e. The molecular weight excluding hydrogens is 242 g/mol. The van der Waals surface area contributed by atoms with Crippen molar-refractivity contribution in [3.05, 3.63) is 29.1 Å². The molecule has 17 heavy (non-hydrogen) atoms. The van der Waals surface area contributed by atoms with E-state index in [9.17, 15) is 0 Å². The number of halogens is 1. The molecule has 0 unspecified atom stereocenters. The van der Waals surface area contributed by atoms with Crippen LogP contribution in [0.25, 0.3) is 11.4 Å². The number of methoxy groups -OCH3 is 1. The van der Waals surface area contributed by atoms with Gasteiger partial charge in [0.15, 0.2) is 0 Å². The van der Waals surface area contributed by atoms with E-state index in [0.717, 1.165) is 5.56 Å². The lowest BCUT2D eigenvalue weighted by Crippen LogP contribution is -2.04. The fourth-order valence-corrected chi connectivity index (χ4v) is 1.53. The third kappa shape index (κ3) is 2.40. The van der Waals surface area contributed by atoms with Crippen molar-refractivity contribution in [2.24, 2.45) is 5.73 Å². The highest BCUT2D eigenvalue weighted by atomic mass is 35.5. The maximum absolute atomic E-state index is 5.93. The van der Waals surface area contributed by atoms with Crippen LogP contribution in [0.3, 0.4) is 0 Å². The van der Waals surface area contributed by atoms with Crippen molar-refractivity contribution in [1.82, 2.24) is 10.1 Å². The zero-order chi connectivity index (χ0) is 12.4. The summed E-state index contributed by atoms with van der Waals surface area (Å²) < 4.78 is 10.1. The first-order valence-electron chi connectivity index (χ1n) is 5.05. The van der Waals surface area contributed by atoms with Gasteiger partial charge in [-0.15, -0.1) is 0 Å². The molecule has 6 heteroatoms. The smallest absolute Gasteiger partial charge is 0.243 e. The monoisotopic (exact) mass is 253 g/mol. The zero-order valence-corrected chi connectivity index (χ0v) is 10.2. The molecule has 0 fully saturated rings. The lowest BCUT2D eigenvalue weighted by Gasteiger charge is -2.03. The Kier molecular flexibility index (Phi) is 3.31. The summed E-state index contributed by atoms with van der Waals surface area (Å²) in [5.41, 5.74) is 6.41. The average Bonchev–Trinajstić information content (AvgIpc) is 2.79. The van der Waals surface area contributed by atoms with Crippen LogP contribution in [0.4, 0.5) is 0 Å². The number of aromatic nitrogens is 2. The van der Waals surface area contributed by atoms with Gasteiger partial charge in [0.25, 0.3) is 0 Å². The molecule has 0 aliphatic heterocycles. The third-order valence-corrected chi connectivity index (χ3v) is 2.55. The van der Waals surface area contributed by atoms with Gasteiger partial charge in [-0.05, 0) is 25.1 Å². The fraction of sp³-hybridized carbons (Fsp3) is 0.273. The van der Waals surface area contributed by atoms with Crippen LogP contribution in [0.15, 0.2) is 22.7 Å². The maximum atomic E-state index is 5.93. The summed E-state index contributed by atoms with van der Waals surface area (Å²) >= 11 is 5.93. The first-order chi connectivity index (χ1) is 8.11. The second-order valence-electron chi connectivity index (χ2n) is 3.59. The Hall–Kier alpha value is -1.59. The van der Waals surface area contributed by atoms with Crippen molar-refractivity contribution in [3.8, 4) is 17.1 Å². The molecule has 90 valence electrons. The van der Waals surface area contributed by atoms with E-state index in [1.54, 1.807) is 32.2 Å². The highest BCUT2D eigenvalue weighted by Crippen LogP contribution is 2.29. The van der Waals surface area contributed by atoms with E-state index in [1.807, 2.05) is 0 Å². The summed E-state index contributed by atoms with van der Waals surface area (Å²) in [6.45, 7) is 1.78. The highest BCUT2D eigenvalue weighted by Gasteiger charge is 2.13. The number of hydrogen-bond donors (Lipinski definition) is 1. The molecule has 1 aromatic carbocycles. The average molecular weight is 254 g/mol. The van der Waals surface area contributed by atoms with Gasteiger partial charge in [0.1, 0.15) is 5.75 Å². The van der Waals surface area contributed by atoms with Crippen LogP contribution in [0.1, 0.15) is 18.9 Å². The van der Waals surface area contributed by atoms with Crippen molar-refractivity contribution in [1.29, 1.82) is 0 Å². The molecule has 5 nitrogen and oxygen atoms in total. The molecule has 2 N–H and O–H groups in total. The molecule has 0 spiro atoms. The number of nitrogens with two attached hydrogens (primary N) is 1. The van der Waals surface area contributed by atoms with Crippen LogP contribution in [-0.2, 0) is 0 Å². The quantitative estimate of drug-likeness (QED) is 0.909. The predicted octanol–water partition coefficient (Wildman–Crippen LogP) is 2.42. The molecule has 0 aliphatic rings. The first kappa shape index (κ1) is 11.9. The fourth-order valence-electron chi connectivity index (χ4n) is 1.34. The van der Waals surface area contributed by atoms with Gasteiger partial charge in [-0.2, -0.15) is 4.98 Å². The Morgan fingerprint density at radius 3 is 2.82 bits per heavy atom. The van der Waals surface area contributed by atoms with E-state index in [2.05, 4.69) is 10.1 Å². The number of rotatable bonds is 3. The van der Waals surface area contributed by atoms with E-state index in [4.69, 9.17) is 26.6 Å². The number of hydrogen-bond acceptors (Lipinski definition) is 5. The summed E-state index contributed by atoms with van der Waals surface area (Å²) in [5, 5.41) is 4.38. The van der Waals surface area contributed by atoms with Crippen LogP contribution in [0.5, 0.6) is 5.75 Å². The topological polar surface area (TPSA) is 74.2 Å². The molecule has 0 bridgehead atoms. The summed E-state index contributed by atoms with van der Waals surface area (Å²) in [7, 11) is 1.55. The van der Waals surface area contributed by atoms with Crippen LogP contribution >= 0.6 is 11.6 Å². The minimum Gasteiger partial charge on any atom is -0.495 e. The molecule has 0 amide bonds. The Labute approximate surface area is 104 Å². The zero-order valence-electron chi connectivity index (χ0n) is 9.48. The molecule has 0 radical (unpaired) electrons. The normalized spacial score (nSPS) is 12.5. The second-order valence-corrected chi connectivity index (χ2v) is 4.00. The summed E-state index contributed by atoms with van der Waals surface area (Å²) in [6.07, 6.45) is 0. The van der Waals surface area contributed by atoms with Crippen molar-refractivity contribution in [2.75, 3.05) is 7.11 Å². The molecule has 2 aromatic rings. The van der Waals surface area contributed by atoms with E-state index >= 15 is 0 Å². The first-order valence-corrected chi connectivity index (χ1v) is 5.42. The van der Waals surface area contributed by atoms with Crippen molar-refractivity contribution in [2.45, 2.75) is 13.0 Å². The van der Waals surface area contributed by atoms with E-state index in [0.29, 0.717) is 22.5 Å². The van der Waals surface area contributed by atoms with Gasteiger partial charge >= 0.3 is 0 Å². The third-order valence-electron chi connectivity index (χ3n) is 2.24. The standard InChI is InChI=1S/C11H12ClN3O2/c1-6(13)11-14-10(15-17-11)7-3-4-8(12)9(5-7)16-2/h3-6H,13H2,1-2H3/t6-/m0/s1. The number of ether oxygens (including phenoxy) is 1. The largest absolute Gasteiger partial charge is 0.495 e. The van der Waals surface area contributed by atoms with Gasteiger partial charge in [0.05, 0.1) is 18.2 Å². The van der Waals surface area contributed by atoms with Crippen LogP contribution in [0.2, 0.25) is 5.02 Å². The number of benzene rings is 1. The van der Waals surface area contributed by atoms with Gasteiger partial charge in [-0.1, -0.05) is 16.8 Å². The lowest BCUT2D eigenvalue weighted by atomic mass is 10.2. The number of nitrogens with zero attached hydrogens (tertiary/aromatic N) is 2. The van der Waals surface area contributed by atoms with Gasteiger partial charge in [-0.25, -0.2) is 0 Å². The van der Waals surface area contributed by atoms with Gasteiger partial charge in [0.2, 0.25) is 11.7 Å². The molecule has 1 heterocycles. The molecular formula is C11H12ClN3O2. The van der Waals surface area contributed by atoms with E-state index in [1.165, 1.54) is 0 Å². The van der Waals surface area contributed by atoms with Crippen molar-refractivity contribution >= 4 is 11.6 Å². The van der Waals surface area contributed by atoms with Crippen LogP contribution in [0, 0.1) is 0 Å². The lowest BCUT2D eigenvalue weighted by molar-refractivity contribution is 0.362.